The molecule has 0 atom stereocenters. The van der Waals surface area contributed by atoms with Crippen LogP contribution in [0.1, 0.15) is 0 Å². The second kappa shape index (κ2) is 8.96. The first kappa shape index (κ1) is 23.9. The van der Waals surface area contributed by atoms with E-state index in [0.29, 0.717) is 0 Å². The van der Waals surface area contributed by atoms with Crippen molar-refractivity contribution in [2.75, 3.05) is 0 Å². The van der Waals surface area contributed by atoms with Crippen molar-refractivity contribution in [2.24, 2.45) is 0 Å². The number of fused-ring (bicyclic) bond motifs is 12. The topological polar surface area (TPSA) is 30.2 Å². The minimum absolute atomic E-state index is 0.944. The van der Waals surface area contributed by atoms with Crippen LogP contribution in [0.3, 0.4) is 0 Å². The predicted octanol–water partition coefficient (Wildman–Crippen LogP) is 11.0. The molecule has 44 heavy (non-hydrogen) atoms. The van der Waals surface area contributed by atoms with Gasteiger partial charge in [0.05, 0.1) is 27.6 Å². The van der Waals surface area contributed by atoms with E-state index in [-0.39, 0.29) is 0 Å². The molecular formula is C40H23N3S. The number of aromatic nitrogens is 3. The number of hydrogen-bond donors (Lipinski definition) is 0. The first-order valence-electron chi connectivity index (χ1n) is 14.8. The summed E-state index contributed by atoms with van der Waals surface area (Å²) >= 11 is 1.86. The van der Waals surface area contributed by atoms with Crippen molar-refractivity contribution in [3.05, 3.63) is 140 Å². The third kappa shape index (κ3) is 3.43. The van der Waals surface area contributed by atoms with Gasteiger partial charge in [-0.05, 0) is 76.9 Å². The van der Waals surface area contributed by atoms with Gasteiger partial charge >= 0.3 is 0 Å². The zero-order valence-corrected chi connectivity index (χ0v) is 24.3. The van der Waals surface area contributed by atoms with E-state index in [0.717, 1.165) is 49.4 Å². The summed E-state index contributed by atoms with van der Waals surface area (Å²) in [5, 5.41) is 5.96. The van der Waals surface area contributed by atoms with E-state index in [1.807, 2.05) is 11.3 Å². The monoisotopic (exact) mass is 577 g/mol. The summed E-state index contributed by atoms with van der Waals surface area (Å²) in [5.74, 6) is 0. The lowest BCUT2D eigenvalue weighted by atomic mass is 9.97. The van der Waals surface area contributed by atoms with Crippen LogP contribution in [0.2, 0.25) is 0 Å². The van der Waals surface area contributed by atoms with E-state index in [2.05, 4.69) is 144 Å². The van der Waals surface area contributed by atoms with Gasteiger partial charge in [0.2, 0.25) is 0 Å². The van der Waals surface area contributed by atoms with Crippen LogP contribution in [0.25, 0.3) is 91.8 Å². The van der Waals surface area contributed by atoms with Gasteiger partial charge in [-0.15, -0.1) is 11.3 Å². The maximum Gasteiger partial charge on any atom is 0.147 e. The van der Waals surface area contributed by atoms with Crippen LogP contribution in [0.15, 0.2) is 140 Å². The fourth-order valence-corrected chi connectivity index (χ4v) is 7.89. The maximum atomic E-state index is 5.20. The first-order chi connectivity index (χ1) is 21.8. The molecule has 0 amide bonds. The molecule has 10 aromatic rings. The van der Waals surface area contributed by atoms with Gasteiger partial charge < -0.3 is 0 Å². The second-order valence-electron chi connectivity index (χ2n) is 11.5. The van der Waals surface area contributed by atoms with E-state index >= 15 is 0 Å². The second-order valence-corrected chi connectivity index (χ2v) is 12.5. The Morgan fingerprint density at radius 3 is 1.95 bits per heavy atom. The van der Waals surface area contributed by atoms with Crippen LogP contribution in [-0.2, 0) is 0 Å². The molecule has 0 spiro atoms. The van der Waals surface area contributed by atoms with E-state index in [1.54, 1.807) is 0 Å². The normalized spacial score (nSPS) is 12.1. The van der Waals surface area contributed by atoms with Gasteiger partial charge in [-0.25, -0.2) is 9.97 Å². The number of pyridine rings is 2. The lowest BCUT2D eigenvalue weighted by Gasteiger charge is -2.12. The summed E-state index contributed by atoms with van der Waals surface area (Å²) in [6.45, 7) is 0. The van der Waals surface area contributed by atoms with Gasteiger partial charge in [-0.2, -0.15) is 0 Å². The molecule has 4 aromatic heterocycles. The quantitative estimate of drug-likeness (QED) is 0.151. The molecule has 3 nitrogen and oxygen atoms in total. The fourth-order valence-electron chi connectivity index (χ4n) is 6.80. The van der Waals surface area contributed by atoms with Crippen molar-refractivity contribution in [1.29, 1.82) is 0 Å². The average Bonchev–Trinajstić information content (AvgIpc) is 3.66. The number of imidazole rings is 1. The smallest absolute Gasteiger partial charge is 0.147 e. The molecule has 0 radical (unpaired) electrons. The highest BCUT2D eigenvalue weighted by molar-refractivity contribution is 7.25. The van der Waals surface area contributed by atoms with E-state index in [1.165, 1.54) is 42.4 Å². The van der Waals surface area contributed by atoms with Gasteiger partial charge in [0.1, 0.15) is 5.65 Å². The van der Waals surface area contributed by atoms with E-state index in [9.17, 15) is 0 Å². The number of benzene rings is 6. The summed E-state index contributed by atoms with van der Waals surface area (Å²) in [5.41, 5.74) is 10.9. The number of hydrogen-bond acceptors (Lipinski definition) is 3. The van der Waals surface area contributed by atoms with Crippen LogP contribution in [0.5, 0.6) is 0 Å². The molecule has 0 aliphatic carbocycles. The molecule has 0 saturated carbocycles. The van der Waals surface area contributed by atoms with Crippen molar-refractivity contribution in [3.63, 3.8) is 0 Å². The summed E-state index contributed by atoms with van der Waals surface area (Å²) < 4.78 is 4.96. The van der Waals surface area contributed by atoms with Crippen LogP contribution in [0, 0.1) is 0 Å². The van der Waals surface area contributed by atoms with Crippen LogP contribution >= 0.6 is 11.3 Å². The zero-order chi connectivity index (χ0) is 28.8. The van der Waals surface area contributed by atoms with Crippen LogP contribution in [-0.4, -0.2) is 14.4 Å². The van der Waals surface area contributed by atoms with Crippen molar-refractivity contribution in [3.8, 4) is 22.3 Å². The zero-order valence-electron chi connectivity index (χ0n) is 23.5. The molecule has 10 rings (SSSR count). The number of rotatable bonds is 2. The predicted molar refractivity (Wildman–Crippen MR) is 187 cm³/mol. The Kier molecular flexibility index (Phi) is 4.87. The minimum Gasteiger partial charge on any atom is -0.292 e. The lowest BCUT2D eigenvalue weighted by molar-refractivity contribution is 1.31. The average molecular weight is 578 g/mol. The molecule has 0 bridgehead atoms. The molecule has 4 heterocycles. The Bertz CT molecular complexity index is 2770. The van der Waals surface area contributed by atoms with Crippen molar-refractivity contribution in [1.82, 2.24) is 14.4 Å². The molecule has 0 fully saturated rings. The van der Waals surface area contributed by atoms with Crippen LogP contribution < -0.4 is 0 Å². The van der Waals surface area contributed by atoms with Crippen molar-refractivity contribution in [2.45, 2.75) is 0 Å². The number of para-hydroxylation sites is 3. The number of nitrogens with zero attached hydrogens (tertiary/aromatic N) is 3. The van der Waals surface area contributed by atoms with E-state index < -0.39 is 0 Å². The summed E-state index contributed by atoms with van der Waals surface area (Å²) in [4.78, 5) is 10.3. The Morgan fingerprint density at radius 1 is 0.432 bits per heavy atom. The standard InChI is InChI=1S/C40H23N3S/c1-3-9-33-28(7-1)23-32-39(41-33)31-22-26(17-19-35(31)43-36-11-5-4-10-34(36)42-40(32)43)24-13-15-25(16-14-24)27-18-20-38-30(21-27)29-8-2-6-12-37(29)44-38/h1-23H. The van der Waals surface area contributed by atoms with Gasteiger partial charge in [0.25, 0.3) is 0 Å². The maximum absolute atomic E-state index is 5.20. The Labute approximate surface area is 256 Å². The Hall–Kier alpha value is -5.58. The summed E-state index contributed by atoms with van der Waals surface area (Å²) in [6, 6.07) is 50.2. The molecule has 204 valence electrons. The van der Waals surface area contributed by atoms with Crippen molar-refractivity contribution >= 4 is 80.9 Å². The minimum atomic E-state index is 0.944. The third-order valence-electron chi connectivity index (χ3n) is 8.95. The van der Waals surface area contributed by atoms with Gasteiger partial charge in [-0.1, -0.05) is 84.9 Å². The Balaban J connectivity index is 1.16. The van der Waals surface area contributed by atoms with Crippen LogP contribution in [0.4, 0.5) is 0 Å². The molecule has 0 N–H and O–H groups in total. The van der Waals surface area contributed by atoms with Gasteiger partial charge in [0, 0.05) is 36.3 Å². The first-order valence-corrected chi connectivity index (χ1v) is 15.6. The number of thiophene rings is 1. The fraction of sp³-hybridized carbons (Fsp3) is 0. The molecule has 0 saturated heterocycles. The summed E-state index contributed by atoms with van der Waals surface area (Å²) in [7, 11) is 0. The van der Waals surface area contributed by atoms with Crippen molar-refractivity contribution < 1.29 is 0 Å². The van der Waals surface area contributed by atoms with Gasteiger partial charge in [-0.3, -0.25) is 4.40 Å². The lowest BCUT2D eigenvalue weighted by Crippen LogP contribution is -1.94. The highest BCUT2D eigenvalue weighted by atomic mass is 32.1. The molecular weight excluding hydrogens is 555 g/mol. The van der Waals surface area contributed by atoms with E-state index in [4.69, 9.17) is 9.97 Å². The van der Waals surface area contributed by atoms with Gasteiger partial charge in [0.15, 0.2) is 0 Å². The highest BCUT2D eigenvalue weighted by Crippen LogP contribution is 2.38. The third-order valence-corrected chi connectivity index (χ3v) is 10.1. The molecule has 0 aliphatic rings. The molecule has 0 aliphatic heterocycles. The summed E-state index contributed by atoms with van der Waals surface area (Å²) in [6.07, 6.45) is 0. The Morgan fingerprint density at radius 2 is 1.09 bits per heavy atom. The largest absolute Gasteiger partial charge is 0.292 e. The molecule has 4 heteroatoms. The molecule has 0 unspecified atom stereocenters. The molecule has 6 aromatic carbocycles. The SMILES string of the molecule is c1ccc2nc3c4cc(-c5ccc(-c6ccc7sc8ccccc8c7c6)cc5)ccc4n4c5ccccc5nc4c3cc2c1. The highest BCUT2D eigenvalue weighted by Gasteiger charge is 2.16.